The molecule has 5 nitrogen and oxygen atoms in total. The van der Waals surface area contributed by atoms with Crippen LogP contribution in [0.2, 0.25) is 0 Å². The number of hydrogen-bond donors (Lipinski definition) is 1. The predicted octanol–water partition coefficient (Wildman–Crippen LogP) is 4.13. The Morgan fingerprint density at radius 1 is 0.862 bits per heavy atom. The van der Waals surface area contributed by atoms with Gasteiger partial charge in [0.2, 0.25) is 15.9 Å². The molecule has 3 aromatic carbocycles. The van der Waals surface area contributed by atoms with Crippen LogP contribution in [0.5, 0.6) is 0 Å². The van der Waals surface area contributed by atoms with Crippen molar-refractivity contribution < 1.29 is 13.2 Å². The van der Waals surface area contributed by atoms with Crippen LogP contribution in [0.4, 0.5) is 5.69 Å². The molecular weight excluding hydrogens is 384 g/mol. The highest BCUT2D eigenvalue weighted by Crippen LogP contribution is 2.20. The molecule has 0 atom stereocenters. The highest BCUT2D eigenvalue weighted by molar-refractivity contribution is 7.89. The number of rotatable bonds is 7. The van der Waals surface area contributed by atoms with Crippen molar-refractivity contribution in [2.75, 3.05) is 11.9 Å². The van der Waals surface area contributed by atoms with Crippen LogP contribution in [0, 0.1) is 13.8 Å². The number of carbonyl (C=O) groups is 1. The average molecular weight is 409 g/mol. The maximum Gasteiger partial charge on any atom is 0.243 e. The van der Waals surface area contributed by atoms with E-state index < -0.39 is 10.0 Å². The molecule has 3 rings (SSSR count). The first-order valence-corrected chi connectivity index (χ1v) is 10.8. The van der Waals surface area contributed by atoms with Crippen molar-refractivity contribution in [2.24, 2.45) is 0 Å². The number of sulfonamides is 1. The van der Waals surface area contributed by atoms with E-state index in [0.29, 0.717) is 5.69 Å². The number of benzene rings is 3. The second kappa shape index (κ2) is 9.03. The molecule has 0 aromatic heterocycles. The van der Waals surface area contributed by atoms with E-state index in [1.54, 1.807) is 18.2 Å². The molecule has 6 heteroatoms. The quantitative estimate of drug-likeness (QED) is 0.639. The van der Waals surface area contributed by atoms with E-state index in [-0.39, 0.29) is 23.9 Å². The minimum absolute atomic E-state index is 0.109. The van der Waals surface area contributed by atoms with E-state index in [9.17, 15) is 13.2 Å². The van der Waals surface area contributed by atoms with Gasteiger partial charge in [-0.3, -0.25) is 4.79 Å². The van der Waals surface area contributed by atoms with Gasteiger partial charge in [-0.15, -0.1) is 0 Å². The first-order valence-electron chi connectivity index (χ1n) is 9.33. The van der Waals surface area contributed by atoms with Crippen LogP contribution >= 0.6 is 0 Å². The highest BCUT2D eigenvalue weighted by atomic mass is 32.2. The lowest BCUT2D eigenvalue weighted by Crippen LogP contribution is -2.37. The average Bonchev–Trinajstić information content (AvgIpc) is 2.72. The number of hydrogen-bond acceptors (Lipinski definition) is 3. The Kier molecular flexibility index (Phi) is 6.46. The molecule has 0 bridgehead atoms. The zero-order chi connectivity index (χ0) is 20.9. The summed E-state index contributed by atoms with van der Waals surface area (Å²) in [5.74, 6) is -0.380. The maximum atomic E-state index is 13.2. The first-order chi connectivity index (χ1) is 13.9. The topological polar surface area (TPSA) is 66.5 Å². The zero-order valence-corrected chi connectivity index (χ0v) is 17.3. The Bertz CT molecular complexity index is 1080. The molecule has 0 saturated heterocycles. The van der Waals surface area contributed by atoms with Gasteiger partial charge in [0.15, 0.2) is 0 Å². The molecule has 150 valence electrons. The summed E-state index contributed by atoms with van der Waals surface area (Å²) in [5.41, 5.74) is 3.51. The lowest BCUT2D eigenvalue weighted by Gasteiger charge is -2.22. The smallest absolute Gasteiger partial charge is 0.243 e. The van der Waals surface area contributed by atoms with Crippen LogP contribution in [0.25, 0.3) is 0 Å². The van der Waals surface area contributed by atoms with Crippen molar-refractivity contribution in [3.8, 4) is 0 Å². The predicted molar refractivity (Wildman–Crippen MR) is 115 cm³/mol. The van der Waals surface area contributed by atoms with E-state index >= 15 is 0 Å². The van der Waals surface area contributed by atoms with E-state index in [1.807, 2.05) is 62.4 Å². The van der Waals surface area contributed by atoms with Crippen LogP contribution in [-0.4, -0.2) is 25.2 Å². The van der Waals surface area contributed by atoms with E-state index in [0.717, 1.165) is 16.7 Å². The number of aryl methyl sites for hydroxylation is 1. The fraction of sp³-hybridized carbons (Fsp3) is 0.174. The molecule has 0 aliphatic carbocycles. The van der Waals surface area contributed by atoms with Crippen molar-refractivity contribution in [3.63, 3.8) is 0 Å². The van der Waals surface area contributed by atoms with Gasteiger partial charge in [-0.05, 0) is 48.7 Å². The molecule has 1 amide bonds. The van der Waals surface area contributed by atoms with Crippen molar-refractivity contribution in [2.45, 2.75) is 25.3 Å². The molecular formula is C23H24N2O3S. The fourth-order valence-electron chi connectivity index (χ4n) is 2.99. The number of nitrogens with zero attached hydrogens (tertiary/aromatic N) is 1. The van der Waals surface area contributed by atoms with Crippen LogP contribution < -0.4 is 5.32 Å². The highest BCUT2D eigenvalue weighted by Gasteiger charge is 2.27. The van der Waals surface area contributed by atoms with E-state index in [2.05, 4.69) is 5.32 Å². The van der Waals surface area contributed by atoms with Gasteiger partial charge in [-0.1, -0.05) is 60.7 Å². The molecule has 0 radical (unpaired) electrons. The summed E-state index contributed by atoms with van der Waals surface area (Å²) >= 11 is 0. The van der Waals surface area contributed by atoms with Gasteiger partial charge in [-0.2, -0.15) is 4.31 Å². The van der Waals surface area contributed by atoms with Crippen LogP contribution in [0.3, 0.4) is 0 Å². The van der Waals surface area contributed by atoms with Crippen molar-refractivity contribution in [1.29, 1.82) is 0 Å². The van der Waals surface area contributed by atoms with Gasteiger partial charge in [0.25, 0.3) is 0 Å². The van der Waals surface area contributed by atoms with Crippen LogP contribution in [0.15, 0.2) is 83.8 Å². The molecule has 0 spiro atoms. The molecule has 3 aromatic rings. The summed E-state index contributed by atoms with van der Waals surface area (Å²) in [6, 6.07) is 23.1. The number of nitrogens with one attached hydrogen (secondary N) is 1. The number of amides is 1. The maximum absolute atomic E-state index is 13.2. The minimum Gasteiger partial charge on any atom is -0.325 e. The lowest BCUT2D eigenvalue weighted by molar-refractivity contribution is -0.116. The SMILES string of the molecule is Cc1cccc(NC(=O)CN(Cc2ccccc2)S(=O)(=O)c2ccccc2)c1C. The Morgan fingerprint density at radius 2 is 1.48 bits per heavy atom. The Balaban J connectivity index is 1.87. The van der Waals surface area contributed by atoms with Crippen LogP contribution in [-0.2, 0) is 21.4 Å². The summed E-state index contributed by atoms with van der Waals surface area (Å²) in [7, 11) is -3.83. The minimum atomic E-state index is -3.83. The monoisotopic (exact) mass is 408 g/mol. The number of carbonyl (C=O) groups excluding carboxylic acids is 1. The standard InChI is InChI=1S/C23H24N2O3S/c1-18-10-9-15-22(19(18)2)24-23(26)17-25(16-20-11-5-3-6-12-20)29(27,28)21-13-7-4-8-14-21/h3-15H,16-17H2,1-2H3,(H,24,26). The Hall–Kier alpha value is -2.96. The molecule has 0 unspecified atom stereocenters. The molecule has 0 heterocycles. The van der Waals surface area contributed by atoms with Gasteiger partial charge in [0, 0.05) is 12.2 Å². The van der Waals surface area contributed by atoms with Crippen LogP contribution in [0.1, 0.15) is 16.7 Å². The first kappa shape index (κ1) is 20.8. The lowest BCUT2D eigenvalue weighted by atomic mass is 10.1. The summed E-state index contributed by atoms with van der Waals surface area (Å²) in [4.78, 5) is 12.9. The zero-order valence-electron chi connectivity index (χ0n) is 16.5. The molecule has 0 aliphatic heterocycles. The second-order valence-corrected chi connectivity index (χ2v) is 8.81. The Labute approximate surface area is 172 Å². The van der Waals surface area contributed by atoms with E-state index in [4.69, 9.17) is 0 Å². The summed E-state index contributed by atoms with van der Waals surface area (Å²) < 4.78 is 27.6. The molecule has 1 N–H and O–H groups in total. The van der Waals surface area contributed by atoms with Gasteiger partial charge < -0.3 is 5.32 Å². The third-order valence-corrected chi connectivity index (χ3v) is 6.59. The van der Waals surface area contributed by atoms with Gasteiger partial charge >= 0.3 is 0 Å². The Morgan fingerprint density at radius 3 is 2.14 bits per heavy atom. The van der Waals surface area contributed by atoms with Crippen molar-refractivity contribution in [1.82, 2.24) is 4.31 Å². The van der Waals surface area contributed by atoms with Gasteiger partial charge in [0.05, 0.1) is 11.4 Å². The molecule has 0 saturated carbocycles. The number of anilines is 1. The fourth-order valence-corrected chi connectivity index (χ4v) is 4.40. The van der Waals surface area contributed by atoms with Crippen molar-refractivity contribution >= 4 is 21.6 Å². The van der Waals surface area contributed by atoms with Crippen molar-refractivity contribution in [3.05, 3.63) is 95.6 Å². The summed E-state index contributed by atoms with van der Waals surface area (Å²) in [5, 5.41) is 2.85. The second-order valence-electron chi connectivity index (χ2n) is 6.87. The van der Waals surface area contributed by atoms with E-state index in [1.165, 1.54) is 16.4 Å². The summed E-state index contributed by atoms with van der Waals surface area (Å²) in [6.07, 6.45) is 0. The normalized spacial score (nSPS) is 11.4. The molecule has 29 heavy (non-hydrogen) atoms. The third kappa shape index (κ3) is 5.10. The van der Waals surface area contributed by atoms with Gasteiger partial charge in [-0.25, -0.2) is 8.42 Å². The summed E-state index contributed by atoms with van der Waals surface area (Å²) in [6.45, 7) is 3.72. The molecule has 0 aliphatic rings. The third-order valence-electron chi connectivity index (χ3n) is 4.78. The largest absolute Gasteiger partial charge is 0.325 e. The van der Waals surface area contributed by atoms with Gasteiger partial charge in [0.1, 0.15) is 0 Å². The molecule has 0 fully saturated rings.